The summed E-state index contributed by atoms with van der Waals surface area (Å²) in [5, 5.41) is 50.2. The van der Waals surface area contributed by atoms with Gasteiger partial charge in [0.25, 0.3) is 0 Å². The summed E-state index contributed by atoms with van der Waals surface area (Å²) in [5.41, 5.74) is 9.83. The first kappa shape index (κ1) is 52.7. The van der Waals surface area contributed by atoms with Crippen molar-refractivity contribution < 1.29 is 58.6 Å². The normalized spacial score (nSPS) is 11.7. The molecule has 2 aliphatic heterocycles. The lowest BCUT2D eigenvalue weighted by molar-refractivity contribution is -0.140. The van der Waals surface area contributed by atoms with Gasteiger partial charge in [0.05, 0.1) is 33.8 Å². The number of carbonyl (C=O) groups is 4. The van der Waals surface area contributed by atoms with Crippen LogP contribution in [-0.2, 0) is 19.2 Å². The zero-order chi connectivity index (χ0) is 59.9. The second kappa shape index (κ2) is 20.9. The van der Waals surface area contributed by atoms with Gasteiger partial charge in [-0.1, -0.05) is 97.1 Å². The number of nitrogens with zero attached hydrogens (tertiary/aromatic N) is 2. The molecule has 0 spiro atoms. The molecule has 0 saturated heterocycles. The highest BCUT2D eigenvalue weighted by atomic mass is 16.5. The van der Waals surface area contributed by atoms with Gasteiger partial charge in [0.15, 0.2) is 26.4 Å². The second-order valence-electron chi connectivity index (χ2n) is 21.7. The highest BCUT2D eigenvalue weighted by Crippen LogP contribution is 2.51. The predicted octanol–water partition coefficient (Wildman–Crippen LogP) is 15.1. The summed E-state index contributed by atoms with van der Waals surface area (Å²) in [7, 11) is 0. The molecule has 16 nitrogen and oxygen atoms in total. The summed E-state index contributed by atoms with van der Waals surface area (Å²) in [6.07, 6.45) is 0. The lowest BCUT2D eigenvalue weighted by Crippen LogP contribution is -2.11. The Morgan fingerprint density at radius 1 is 0.330 bits per heavy atom. The Balaban J connectivity index is 1.19. The summed E-state index contributed by atoms with van der Waals surface area (Å²) in [5.74, 6) is -4.44. The van der Waals surface area contributed by atoms with Crippen molar-refractivity contribution in [2.45, 2.75) is 0 Å². The smallest absolute Gasteiger partial charge is 0.341 e. The maximum Gasteiger partial charge on any atom is 0.341 e. The first-order valence-electron chi connectivity index (χ1n) is 28.0. The molecule has 2 aliphatic rings. The van der Waals surface area contributed by atoms with E-state index in [1.165, 1.54) is 12.1 Å². The van der Waals surface area contributed by atoms with Crippen molar-refractivity contribution in [3.05, 3.63) is 194 Å². The van der Waals surface area contributed by atoms with Gasteiger partial charge in [-0.25, -0.2) is 29.1 Å². The molecular formula is C72H46N4O12. The monoisotopic (exact) mass is 1160 g/mol. The number of carboxylic acids is 4. The number of hydrogen-bond acceptors (Lipinski definition) is 10. The largest absolute Gasteiger partial charge is 0.482 e. The molecule has 426 valence electrons. The molecule has 0 atom stereocenters. The molecule has 8 bridgehead atoms. The Labute approximate surface area is 497 Å². The molecule has 5 heterocycles. The maximum atomic E-state index is 12.1. The van der Waals surface area contributed by atoms with Crippen LogP contribution < -0.4 is 18.9 Å². The maximum absolute atomic E-state index is 12.1. The number of carboxylic acid groups (broad SMARTS) is 4. The third kappa shape index (κ3) is 9.46. The van der Waals surface area contributed by atoms with Crippen LogP contribution in [0.2, 0.25) is 0 Å². The van der Waals surface area contributed by atoms with Crippen LogP contribution in [0.1, 0.15) is 0 Å². The topological polar surface area (TPSA) is 243 Å². The van der Waals surface area contributed by atoms with E-state index in [1.807, 2.05) is 109 Å². The number of fused-ring (bicyclic) bond motifs is 24. The molecule has 13 aromatic rings. The molecule has 0 aliphatic carbocycles. The molecule has 0 saturated carbocycles. The first-order chi connectivity index (χ1) is 42.8. The predicted molar refractivity (Wildman–Crippen MR) is 338 cm³/mol. The van der Waals surface area contributed by atoms with Crippen molar-refractivity contribution >= 4 is 111 Å². The molecule has 6 N–H and O–H groups in total. The molecule has 88 heavy (non-hydrogen) atoms. The van der Waals surface area contributed by atoms with Crippen LogP contribution in [-0.4, -0.2) is 90.7 Å². The quantitative estimate of drug-likeness (QED) is 0.0593. The van der Waals surface area contributed by atoms with Gasteiger partial charge in [0.1, 0.15) is 23.0 Å². The van der Waals surface area contributed by atoms with Gasteiger partial charge in [-0.05, 0) is 139 Å². The molecule has 10 aromatic carbocycles. The standard InChI is InChI=1S/C72H46N4O12/c77-63(78)33-85-47-17-45(18-48(29-47)86-34-64(79)80)67-69-55-25-41-13-5-1-9-37(41)21-51(55)59(73-69)31-60-52-22-38-10-2-6-14-42(38)26-56(52)71(74-60)68(46-19-49(87-35-65(81)82)30-50(20-46)88-36-66(83)84)72-58-28-44-16-8-4-12-40(44)24-54(58)62(76-72)32-61-53-23-39-11-3-7-15-43(39)27-57(53)70(67)75-61/h1-32,73,76H,33-36H2,(H,77,78)(H,79,80)(H,81,82)(H,83,84). The average Bonchev–Trinajstić information content (AvgIpc) is 1.61. The minimum atomic E-state index is -1.22. The van der Waals surface area contributed by atoms with Crippen LogP contribution in [0, 0.1) is 0 Å². The Kier molecular flexibility index (Phi) is 12.5. The highest BCUT2D eigenvalue weighted by Gasteiger charge is 2.29. The molecular weight excluding hydrogens is 1110 g/mol. The zero-order valence-corrected chi connectivity index (χ0v) is 46.3. The number of benzene rings is 10. The molecule has 15 rings (SSSR count). The van der Waals surface area contributed by atoms with Crippen molar-refractivity contribution in [1.29, 1.82) is 0 Å². The summed E-state index contributed by atoms with van der Waals surface area (Å²) < 4.78 is 23.7. The number of hydrogen-bond donors (Lipinski definition) is 6. The van der Waals surface area contributed by atoms with E-state index in [0.717, 1.165) is 86.9 Å². The summed E-state index contributed by atoms with van der Waals surface area (Å²) in [6, 6.07) is 62.8. The molecule has 0 unspecified atom stereocenters. The van der Waals surface area contributed by atoms with Gasteiger partial charge in [-0.2, -0.15) is 0 Å². The van der Waals surface area contributed by atoms with Gasteiger partial charge in [0.2, 0.25) is 0 Å². The van der Waals surface area contributed by atoms with Gasteiger partial charge in [-0.15, -0.1) is 0 Å². The highest BCUT2D eigenvalue weighted by molar-refractivity contribution is 6.21. The fraction of sp³-hybridized carbons (Fsp3) is 0.0556. The van der Waals surface area contributed by atoms with Gasteiger partial charge in [0, 0.05) is 78.1 Å². The second-order valence-corrected chi connectivity index (χ2v) is 21.7. The number of aromatic nitrogens is 4. The minimum Gasteiger partial charge on any atom is -0.482 e. The molecule has 16 heteroatoms. The van der Waals surface area contributed by atoms with Crippen LogP contribution in [0.5, 0.6) is 23.0 Å². The zero-order valence-electron chi connectivity index (χ0n) is 46.3. The van der Waals surface area contributed by atoms with E-state index in [2.05, 4.69) is 58.5 Å². The number of aromatic amines is 2. The van der Waals surface area contributed by atoms with E-state index < -0.39 is 50.3 Å². The van der Waals surface area contributed by atoms with E-state index in [4.69, 9.17) is 28.9 Å². The lowest BCUT2D eigenvalue weighted by Gasteiger charge is -2.13. The SMILES string of the molecule is O=C(O)COc1cc(OCC(=O)O)cc(-c2c3nc(cc4[nH]c(c(-c5cc(OCC(=O)O)cc(OCC(=O)O)c5)c5nc(cc6[nH]c2c2cc7ccccc7cc62)-c2cc6ccccc6cc2-5)c2cc5ccccc5cc42)-c2cc4ccccc4cc2-3)c1. The molecule has 0 radical (unpaired) electrons. The molecule has 3 aromatic heterocycles. The minimum absolute atomic E-state index is 0.109. The number of rotatable bonds is 14. The molecule has 0 amide bonds. The Hall–Kier alpha value is -12.0. The van der Waals surface area contributed by atoms with Crippen molar-refractivity contribution in [1.82, 2.24) is 19.9 Å². The van der Waals surface area contributed by atoms with Gasteiger partial charge >= 0.3 is 23.9 Å². The van der Waals surface area contributed by atoms with Crippen molar-refractivity contribution in [2.75, 3.05) is 26.4 Å². The van der Waals surface area contributed by atoms with E-state index in [9.17, 15) is 39.6 Å². The lowest BCUT2D eigenvalue weighted by atomic mass is 9.93. The third-order valence-corrected chi connectivity index (χ3v) is 16.0. The van der Waals surface area contributed by atoms with Crippen LogP contribution in [0.15, 0.2) is 194 Å². The summed E-state index contributed by atoms with van der Waals surface area (Å²) in [6.45, 7) is -2.78. The first-order valence-corrected chi connectivity index (χ1v) is 28.0. The van der Waals surface area contributed by atoms with Crippen LogP contribution in [0.3, 0.4) is 0 Å². The van der Waals surface area contributed by atoms with Gasteiger partial charge < -0.3 is 49.3 Å². The Bertz CT molecular complexity index is 4990. The molecule has 0 fully saturated rings. The van der Waals surface area contributed by atoms with E-state index in [-0.39, 0.29) is 23.0 Å². The Morgan fingerprint density at radius 2 is 0.602 bits per heavy atom. The number of H-pyrrole nitrogens is 2. The van der Waals surface area contributed by atoms with E-state index >= 15 is 0 Å². The average molecular weight is 1160 g/mol. The number of ether oxygens (including phenoxy) is 4. The number of nitrogens with one attached hydrogen (secondary N) is 2. The van der Waals surface area contributed by atoms with E-state index in [1.54, 1.807) is 24.3 Å². The summed E-state index contributed by atoms with van der Waals surface area (Å²) in [4.78, 5) is 67.7. The summed E-state index contributed by atoms with van der Waals surface area (Å²) >= 11 is 0. The van der Waals surface area contributed by atoms with Crippen molar-refractivity contribution in [3.63, 3.8) is 0 Å². The fourth-order valence-electron chi connectivity index (χ4n) is 12.3. The fourth-order valence-corrected chi connectivity index (χ4v) is 12.3. The van der Waals surface area contributed by atoms with Crippen LogP contribution >= 0.6 is 0 Å². The third-order valence-electron chi connectivity index (χ3n) is 16.0. The Morgan fingerprint density at radius 3 is 0.898 bits per heavy atom. The van der Waals surface area contributed by atoms with E-state index in [0.29, 0.717) is 67.1 Å². The van der Waals surface area contributed by atoms with Crippen LogP contribution in [0.4, 0.5) is 0 Å². The van der Waals surface area contributed by atoms with Crippen molar-refractivity contribution in [3.8, 4) is 90.3 Å². The van der Waals surface area contributed by atoms with Crippen LogP contribution in [0.25, 0.3) is 154 Å². The number of aliphatic carboxylic acids is 4. The van der Waals surface area contributed by atoms with Gasteiger partial charge in [-0.3, -0.25) is 0 Å². The van der Waals surface area contributed by atoms with Crippen molar-refractivity contribution in [2.24, 2.45) is 0 Å².